The molecule has 5 rings (SSSR count). The second kappa shape index (κ2) is 8.81. The maximum Gasteiger partial charge on any atom is 0.355 e. The SMILES string of the molecule is Nc1nc(-c2ccc(OCCN3CCOCC3)cc2)cn2c(=O)n(-c3ccccc3)nc12. The summed E-state index contributed by atoms with van der Waals surface area (Å²) in [4.78, 5) is 19.7. The molecule has 0 bridgehead atoms. The normalized spacial score (nSPS) is 14.6. The number of morpholine rings is 1. The molecule has 0 amide bonds. The van der Waals surface area contributed by atoms with Crippen LogP contribution in [0.1, 0.15) is 0 Å². The molecule has 1 saturated heterocycles. The summed E-state index contributed by atoms with van der Waals surface area (Å²) in [6.07, 6.45) is 1.66. The van der Waals surface area contributed by atoms with E-state index in [2.05, 4.69) is 15.0 Å². The number of rotatable bonds is 6. The standard InChI is InChI=1S/C23H24N6O3/c24-21-22-26-29(18-4-2-1-3-5-18)23(30)28(22)16-20(25-21)17-6-8-19(9-7-17)32-15-12-27-10-13-31-14-11-27/h1-9,16H,10-15H2,(H2,24,25). The van der Waals surface area contributed by atoms with Gasteiger partial charge in [-0.3, -0.25) is 4.90 Å². The van der Waals surface area contributed by atoms with Crippen LogP contribution in [0.15, 0.2) is 65.6 Å². The predicted octanol–water partition coefficient (Wildman–Crippen LogP) is 1.84. The first-order chi connectivity index (χ1) is 15.7. The smallest absolute Gasteiger partial charge is 0.355 e. The molecule has 2 N–H and O–H groups in total. The summed E-state index contributed by atoms with van der Waals surface area (Å²) in [5, 5.41) is 4.35. The molecule has 0 saturated carbocycles. The Bertz CT molecular complexity index is 1260. The summed E-state index contributed by atoms with van der Waals surface area (Å²) < 4.78 is 14.0. The van der Waals surface area contributed by atoms with Crippen molar-refractivity contribution < 1.29 is 9.47 Å². The summed E-state index contributed by atoms with van der Waals surface area (Å²) in [5.41, 5.74) is 8.25. The van der Waals surface area contributed by atoms with Crippen molar-refractivity contribution >= 4 is 11.5 Å². The maximum atomic E-state index is 12.9. The monoisotopic (exact) mass is 432 g/mol. The van der Waals surface area contributed by atoms with E-state index in [1.807, 2.05) is 54.6 Å². The lowest BCUT2D eigenvalue weighted by molar-refractivity contribution is 0.0322. The van der Waals surface area contributed by atoms with Gasteiger partial charge in [-0.25, -0.2) is 14.2 Å². The highest BCUT2D eigenvalue weighted by Gasteiger charge is 2.14. The van der Waals surface area contributed by atoms with Gasteiger partial charge in [-0.1, -0.05) is 18.2 Å². The van der Waals surface area contributed by atoms with E-state index in [0.717, 1.165) is 44.2 Å². The van der Waals surface area contributed by atoms with E-state index in [-0.39, 0.29) is 11.5 Å². The van der Waals surface area contributed by atoms with Crippen LogP contribution in [0.4, 0.5) is 5.82 Å². The summed E-state index contributed by atoms with van der Waals surface area (Å²) in [6, 6.07) is 16.8. The Labute approximate surface area is 184 Å². The number of para-hydroxylation sites is 1. The highest BCUT2D eigenvalue weighted by atomic mass is 16.5. The zero-order valence-electron chi connectivity index (χ0n) is 17.6. The molecule has 32 heavy (non-hydrogen) atoms. The van der Waals surface area contributed by atoms with Crippen molar-refractivity contribution in [3.05, 3.63) is 71.3 Å². The zero-order valence-corrected chi connectivity index (χ0v) is 17.6. The van der Waals surface area contributed by atoms with Crippen molar-refractivity contribution in [2.45, 2.75) is 0 Å². The number of benzene rings is 2. The summed E-state index contributed by atoms with van der Waals surface area (Å²) in [6.45, 7) is 4.93. The molecule has 0 aliphatic carbocycles. The number of aromatic nitrogens is 4. The molecule has 2 aromatic heterocycles. The minimum Gasteiger partial charge on any atom is -0.492 e. The van der Waals surface area contributed by atoms with Crippen molar-refractivity contribution in [2.75, 3.05) is 45.2 Å². The third kappa shape index (κ3) is 4.08. The van der Waals surface area contributed by atoms with E-state index >= 15 is 0 Å². The molecule has 0 unspecified atom stereocenters. The largest absolute Gasteiger partial charge is 0.492 e. The summed E-state index contributed by atoms with van der Waals surface area (Å²) in [7, 11) is 0. The zero-order chi connectivity index (χ0) is 21.9. The predicted molar refractivity (Wildman–Crippen MR) is 121 cm³/mol. The fourth-order valence-corrected chi connectivity index (χ4v) is 3.72. The average Bonchev–Trinajstić information content (AvgIpc) is 3.18. The Kier molecular flexibility index (Phi) is 5.57. The van der Waals surface area contributed by atoms with Gasteiger partial charge in [-0.15, -0.1) is 5.10 Å². The molecule has 2 aromatic carbocycles. The number of hydrogen-bond acceptors (Lipinski definition) is 7. The molecule has 0 atom stereocenters. The average molecular weight is 432 g/mol. The topological polar surface area (TPSA) is 99.9 Å². The van der Waals surface area contributed by atoms with Crippen LogP contribution in [0.5, 0.6) is 5.75 Å². The Morgan fingerprint density at radius 1 is 1.03 bits per heavy atom. The van der Waals surface area contributed by atoms with Crippen LogP contribution in [0.25, 0.3) is 22.6 Å². The summed E-state index contributed by atoms with van der Waals surface area (Å²) >= 11 is 0. The molecule has 4 aromatic rings. The molecule has 9 heteroatoms. The van der Waals surface area contributed by atoms with E-state index in [0.29, 0.717) is 23.6 Å². The van der Waals surface area contributed by atoms with Gasteiger partial charge in [0.15, 0.2) is 5.82 Å². The van der Waals surface area contributed by atoms with Crippen LogP contribution in [0.2, 0.25) is 0 Å². The quantitative estimate of drug-likeness (QED) is 0.496. The second-order valence-corrected chi connectivity index (χ2v) is 7.56. The molecule has 3 heterocycles. The Morgan fingerprint density at radius 2 is 1.78 bits per heavy atom. The van der Waals surface area contributed by atoms with Gasteiger partial charge in [0.05, 0.1) is 24.6 Å². The molecule has 1 fully saturated rings. The molecule has 1 aliphatic rings. The van der Waals surface area contributed by atoms with Crippen molar-refractivity contribution in [1.82, 2.24) is 24.1 Å². The van der Waals surface area contributed by atoms with Gasteiger partial charge in [0.25, 0.3) is 0 Å². The van der Waals surface area contributed by atoms with Gasteiger partial charge in [0, 0.05) is 31.4 Å². The third-order valence-electron chi connectivity index (χ3n) is 5.46. The van der Waals surface area contributed by atoms with Crippen molar-refractivity contribution in [3.8, 4) is 22.7 Å². The lowest BCUT2D eigenvalue weighted by Gasteiger charge is -2.26. The number of hydrogen-bond donors (Lipinski definition) is 1. The van der Waals surface area contributed by atoms with Crippen molar-refractivity contribution in [3.63, 3.8) is 0 Å². The number of ether oxygens (including phenoxy) is 2. The molecule has 0 radical (unpaired) electrons. The van der Waals surface area contributed by atoms with Gasteiger partial charge in [0.2, 0.25) is 5.65 Å². The van der Waals surface area contributed by atoms with Gasteiger partial charge < -0.3 is 15.2 Å². The van der Waals surface area contributed by atoms with Gasteiger partial charge in [-0.2, -0.15) is 4.68 Å². The van der Waals surface area contributed by atoms with Gasteiger partial charge in [0.1, 0.15) is 12.4 Å². The molecule has 1 aliphatic heterocycles. The van der Waals surface area contributed by atoms with Gasteiger partial charge in [-0.05, 0) is 36.4 Å². The molecule has 164 valence electrons. The van der Waals surface area contributed by atoms with Gasteiger partial charge >= 0.3 is 5.69 Å². The number of anilines is 1. The number of nitrogen functional groups attached to an aromatic ring is 1. The molecular formula is C23H24N6O3. The van der Waals surface area contributed by atoms with Crippen molar-refractivity contribution in [1.29, 1.82) is 0 Å². The second-order valence-electron chi connectivity index (χ2n) is 7.56. The number of fused-ring (bicyclic) bond motifs is 1. The van der Waals surface area contributed by atoms with E-state index < -0.39 is 0 Å². The maximum absolute atomic E-state index is 12.9. The molecule has 0 spiro atoms. The first-order valence-corrected chi connectivity index (χ1v) is 10.6. The Balaban J connectivity index is 1.35. The lowest BCUT2D eigenvalue weighted by atomic mass is 10.1. The lowest BCUT2D eigenvalue weighted by Crippen LogP contribution is -2.38. The van der Waals surface area contributed by atoms with Crippen molar-refractivity contribution in [2.24, 2.45) is 0 Å². The highest BCUT2D eigenvalue weighted by Crippen LogP contribution is 2.23. The third-order valence-corrected chi connectivity index (χ3v) is 5.46. The fraction of sp³-hybridized carbons (Fsp3) is 0.261. The minimum atomic E-state index is -0.301. The first-order valence-electron chi connectivity index (χ1n) is 10.6. The minimum absolute atomic E-state index is 0.195. The Morgan fingerprint density at radius 3 is 2.53 bits per heavy atom. The van der Waals surface area contributed by atoms with Crippen LogP contribution in [0, 0.1) is 0 Å². The van der Waals surface area contributed by atoms with Crippen LogP contribution in [-0.4, -0.2) is 63.5 Å². The Hall–Kier alpha value is -3.69. The van der Waals surface area contributed by atoms with E-state index in [1.165, 1.54) is 9.08 Å². The molecular weight excluding hydrogens is 408 g/mol. The van der Waals surface area contributed by atoms with E-state index in [4.69, 9.17) is 15.2 Å². The number of nitrogens with two attached hydrogens (primary N) is 1. The summed E-state index contributed by atoms with van der Waals surface area (Å²) in [5.74, 6) is 0.977. The van der Waals surface area contributed by atoms with Crippen LogP contribution >= 0.6 is 0 Å². The van der Waals surface area contributed by atoms with E-state index in [9.17, 15) is 4.79 Å². The van der Waals surface area contributed by atoms with Crippen LogP contribution in [-0.2, 0) is 4.74 Å². The fourth-order valence-electron chi connectivity index (χ4n) is 3.72. The van der Waals surface area contributed by atoms with Crippen LogP contribution in [0.3, 0.4) is 0 Å². The number of nitrogens with zero attached hydrogens (tertiary/aromatic N) is 5. The van der Waals surface area contributed by atoms with Crippen LogP contribution < -0.4 is 16.2 Å². The van der Waals surface area contributed by atoms with E-state index in [1.54, 1.807) is 6.20 Å². The first kappa shape index (κ1) is 20.2. The highest BCUT2D eigenvalue weighted by molar-refractivity contribution is 5.67. The molecule has 9 nitrogen and oxygen atoms in total.